The second-order valence-corrected chi connectivity index (χ2v) is 11.5. The molecule has 0 unspecified atom stereocenters. The first-order chi connectivity index (χ1) is 18.0. The minimum atomic E-state index is -0.407. The van der Waals surface area contributed by atoms with Crippen LogP contribution in [0.1, 0.15) is 69.8 Å². The molecule has 0 N–H and O–H groups in total. The lowest BCUT2D eigenvalue weighted by Gasteiger charge is -2.41. The summed E-state index contributed by atoms with van der Waals surface area (Å²) in [7, 11) is 3.13. The minimum absolute atomic E-state index is 0.170. The summed E-state index contributed by atoms with van der Waals surface area (Å²) >= 11 is 1.38. The van der Waals surface area contributed by atoms with Gasteiger partial charge in [0.15, 0.2) is 16.3 Å². The van der Waals surface area contributed by atoms with Crippen LogP contribution in [0.4, 0.5) is 0 Å². The summed E-state index contributed by atoms with van der Waals surface area (Å²) < 4.78 is 4.41. The van der Waals surface area contributed by atoms with Gasteiger partial charge in [-0.3, -0.25) is 18.7 Å². The quantitative estimate of drug-likeness (QED) is 0.436. The van der Waals surface area contributed by atoms with Crippen LogP contribution in [-0.2, 0) is 25.4 Å². The van der Waals surface area contributed by atoms with Crippen molar-refractivity contribution in [3.63, 3.8) is 0 Å². The molecule has 37 heavy (non-hydrogen) atoms. The summed E-state index contributed by atoms with van der Waals surface area (Å²) in [5.41, 5.74) is 0.994. The van der Waals surface area contributed by atoms with E-state index in [2.05, 4.69) is 4.90 Å². The fourth-order valence-corrected chi connectivity index (χ4v) is 6.94. The van der Waals surface area contributed by atoms with Gasteiger partial charge in [-0.1, -0.05) is 80.6 Å². The maximum absolute atomic E-state index is 13.8. The van der Waals surface area contributed by atoms with Gasteiger partial charge in [0.2, 0.25) is 5.91 Å². The first kappa shape index (κ1) is 25.8. The molecule has 0 bridgehead atoms. The summed E-state index contributed by atoms with van der Waals surface area (Å²) in [4.78, 5) is 46.5. The molecular weight excluding hydrogens is 486 g/mol. The Morgan fingerprint density at radius 3 is 2.11 bits per heavy atom. The third kappa shape index (κ3) is 5.28. The van der Waals surface area contributed by atoms with Crippen molar-refractivity contribution in [3.05, 3.63) is 56.7 Å². The van der Waals surface area contributed by atoms with Crippen LogP contribution in [0.15, 0.2) is 45.1 Å². The number of fused-ring (bicyclic) bond motifs is 1. The highest BCUT2D eigenvalue weighted by atomic mass is 32.2. The number of aryl methyl sites for hydroxylation is 1. The van der Waals surface area contributed by atoms with Crippen molar-refractivity contribution in [1.29, 1.82) is 0 Å². The average Bonchev–Trinajstić information content (AvgIpc) is 3.29. The number of imidazole rings is 1. The zero-order chi connectivity index (χ0) is 25.9. The second kappa shape index (κ2) is 11.3. The van der Waals surface area contributed by atoms with Gasteiger partial charge in [-0.05, 0) is 31.2 Å². The molecule has 0 radical (unpaired) electrons. The van der Waals surface area contributed by atoms with E-state index in [1.807, 2.05) is 34.9 Å². The molecule has 0 atom stereocenters. The zero-order valence-corrected chi connectivity index (χ0v) is 22.7. The molecule has 1 amide bonds. The van der Waals surface area contributed by atoms with E-state index in [4.69, 9.17) is 4.98 Å². The van der Waals surface area contributed by atoms with Crippen molar-refractivity contribution < 1.29 is 4.79 Å². The van der Waals surface area contributed by atoms with Crippen molar-refractivity contribution in [3.8, 4) is 0 Å². The van der Waals surface area contributed by atoms with Gasteiger partial charge in [0.05, 0.1) is 12.3 Å². The number of hydrogen-bond donors (Lipinski definition) is 0. The molecule has 1 aromatic carbocycles. The van der Waals surface area contributed by atoms with Crippen LogP contribution in [0.25, 0.3) is 11.2 Å². The van der Waals surface area contributed by atoms with Gasteiger partial charge < -0.3 is 9.47 Å². The van der Waals surface area contributed by atoms with E-state index >= 15 is 0 Å². The van der Waals surface area contributed by atoms with Gasteiger partial charge in [-0.25, -0.2) is 9.78 Å². The number of rotatable bonds is 7. The summed E-state index contributed by atoms with van der Waals surface area (Å²) in [6.07, 6.45) is 11.7. The van der Waals surface area contributed by atoms with Gasteiger partial charge in [-0.2, -0.15) is 0 Å². The van der Waals surface area contributed by atoms with E-state index in [0.29, 0.717) is 34.9 Å². The molecular formula is C28H37N5O3S. The van der Waals surface area contributed by atoms with Crippen molar-refractivity contribution in [2.45, 2.75) is 88.0 Å². The van der Waals surface area contributed by atoms with Crippen LogP contribution in [0.3, 0.4) is 0 Å². The molecule has 0 aliphatic heterocycles. The Bertz CT molecular complexity index is 1350. The van der Waals surface area contributed by atoms with Gasteiger partial charge in [0.25, 0.3) is 5.56 Å². The van der Waals surface area contributed by atoms with Crippen LogP contribution >= 0.6 is 11.8 Å². The van der Waals surface area contributed by atoms with Crippen LogP contribution in [-0.4, -0.2) is 47.3 Å². The summed E-state index contributed by atoms with van der Waals surface area (Å²) in [5, 5.41) is 0.595. The van der Waals surface area contributed by atoms with Gasteiger partial charge in [0.1, 0.15) is 0 Å². The summed E-state index contributed by atoms with van der Waals surface area (Å²) in [6.45, 7) is 0.441. The molecule has 8 nitrogen and oxygen atoms in total. The molecule has 2 aliphatic rings. The molecule has 2 heterocycles. The molecule has 198 valence electrons. The number of nitrogens with zero attached hydrogens (tertiary/aromatic N) is 5. The van der Waals surface area contributed by atoms with Gasteiger partial charge in [-0.15, -0.1) is 0 Å². The lowest BCUT2D eigenvalue weighted by Crippen LogP contribution is -2.49. The zero-order valence-electron chi connectivity index (χ0n) is 21.9. The Morgan fingerprint density at radius 2 is 1.51 bits per heavy atom. The molecule has 0 saturated heterocycles. The predicted molar refractivity (Wildman–Crippen MR) is 147 cm³/mol. The lowest BCUT2D eigenvalue weighted by molar-refractivity contribution is -0.135. The molecule has 0 spiro atoms. The van der Waals surface area contributed by atoms with E-state index in [-0.39, 0.29) is 17.2 Å². The molecule has 5 rings (SSSR count). The molecule has 2 saturated carbocycles. The average molecular weight is 524 g/mol. The lowest BCUT2D eigenvalue weighted by atomic mass is 9.88. The van der Waals surface area contributed by atoms with Crippen LogP contribution in [0, 0.1) is 0 Å². The fraction of sp³-hybridized carbons (Fsp3) is 0.571. The topological polar surface area (TPSA) is 82.1 Å². The molecule has 2 fully saturated rings. The minimum Gasteiger partial charge on any atom is -0.336 e. The normalized spacial score (nSPS) is 17.4. The Balaban J connectivity index is 1.47. The molecule has 9 heteroatoms. The summed E-state index contributed by atoms with van der Waals surface area (Å²) in [5.74, 6) is 0.447. The third-order valence-electron chi connectivity index (χ3n) is 8.05. The number of carbonyl (C=O) groups is 1. The third-order valence-corrected chi connectivity index (χ3v) is 9.01. The Kier molecular flexibility index (Phi) is 7.88. The number of carbonyl (C=O) groups excluding carboxylic acids is 1. The van der Waals surface area contributed by atoms with E-state index in [1.54, 1.807) is 7.05 Å². The Hall–Kier alpha value is -2.81. The SMILES string of the molecule is Cn1c(=O)c2c(nc(SCC(=O)N(C3CCCCC3)C3CCCCC3)n2Cc2ccccc2)n(C)c1=O. The maximum atomic E-state index is 13.8. The maximum Gasteiger partial charge on any atom is 0.332 e. The van der Waals surface area contributed by atoms with E-state index in [1.165, 1.54) is 61.9 Å². The van der Waals surface area contributed by atoms with Crippen LogP contribution in [0.5, 0.6) is 0 Å². The van der Waals surface area contributed by atoms with Crippen LogP contribution < -0.4 is 11.2 Å². The van der Waals surface area contributed by atoms with Crippen molar-refractivity contribution in [1.82, 2.24) is 23.6 Å². The predicted octanol–water partition coefficient (Wildman–Crippen LogP) is 4.07. The fourth-order valence-electron chi connectivity index (χ4n) is 6.07. The molecule has 2 aliphatic carbocycles. The number of aromatic nitrogens is 4. The molecule has 2 aromatic heterocycles. The van der Waals surface area contributed by atoms with Gasteiger partial charge in [0, 0.05) is 26.2 Å². The number of thioether (sulfide) groups is 1. The highest BCUT2D eigenvalue weighted by Crippen LogP contribution is 2.32. The van der Waals surface area contributed by atoms with Crippen molar-refractivity contribution >= 4 is 28.8 Å². The summed E-state index contributed by atoms with van der Waals surface area (Å²) in [6, 6.07) is 10.6. The molecule has 3 aromatic rings. The largest absolute Gasteiger partial charge is 0.336 e. The van der Waals surface area contributed by atoms with Crippen LogP contribution in [0.2, 0.25) is 0 Å². The van der Waals surface area contributed by atoms with E-state index < -0.39 is 5.69 Å². The van der Waals surface area contributed by atoms with E-state index in [0.717, 1.165) is 35.8 Å². The standard InChI is InChI=1S/C28H37N5O3S/c1-30-25-24(26(35)31(2)28(30)36)32(18-20-12-6-3-7-13-20)27(29-25)37-19-23(34)33(21-14-8-4-9-15-21)22-16-10-5-11-17-22/h3,6-7,12-13,21-22H,4-5,8-11,14-19H2,1-2H3. The van der Waals surface area contributed by atoms with E-state index in [9.17, 15) is 14.4 Å². The Labute approximate surface area is 221 Å². The van der Waals surface area contributed by atoms with Crippen molar-refractivity contribution in [2.75, 3.05) is 5.75 Å². The van der Waals surface area contributed by atoms with Crippen molar-refractivity contribution in [2.24, 2.45) is 14.1 Å². The monoisotopic (exact) mass is 523 g/mol. The number of amides is 1. The van der Waals surface area contributed by atoms with Gasteiger partial charge >= 0.3 is 5.69 Å². The number of benzene rings is 1. The smallest absolute Gasteiger partial charge is 0.332 e. The number of hydrogen-bond acceptors (Lipinski definition) is 5. The first-order valence-electron chi connectivity index (χ1n) is 13.6. The highest BCUT2D eigenvalue weighted by Gasteiger charge is 2.32. The highest BCUT2D eigenvalue weighted by molar-refractivity contribution is 7.99. The second-order valence-electron chi connectivity index (χ2n) is 10.5. The first-order valence-corrected chi connectivity index (χ1v) is 14.6. The Morgan fingerprint density at radius 1 is 0.919 bits per heavy atom.